The van der Waals surface area contributed by atoms with Crippen molar-refractivity contribution >= 4 is 11.9 Å². The molecule has 3 atom stereocenters. The van der Waals surface area contributed by atoms with Gasteiger partial charge in [0.2, 0.25) is 5.88 Å². The summed E-state index contributed by atoms with van der Waals surface area (Å²) < 4.78 is 32.8. The molecule has 3 amide bonds. The number of hydrogen-bond acceptors (Lipinski definition) is 5. The van der Waals surface area contributed by atoms with Crippen molar-refractivity contribution in [3.8, 4) is 17.4 Å². The average Bonchev–Trinajstić information content (AvgIpc) is 3.16. The molecule has 37 heavy (non-hydrogen) atoms. The van der Waals surface area contributed by atoms with Gasteiger partial charge in [0.15, 0.2) is 0 Å². The van der Waals surface area contributed by atoms with E-state index in [2.05, 4.69) is 15.6 Å². The maximum Gasteiger partial charge on any atom is 0.318 e. The lowest BCUT2D eigenvalue weighted by Crippen LogP contribution is -2.55. The number of pyridine rings is 1. The Kier molecular flexibility index (Phi) is 6.89. The number of amides is 3. The second kappa shape index (κ2) is 10.4. The van der Waals surface area contributed by atoms with Crippen molar-refractivity contribution in [3.63, 3.8) is 0 Å². The molecule has 3 N–H and O–H groups in total. The number of aromatic hydroxyl groups is 1. The summed E-state index contributed by atoms with van der Waals surface area (Å²) in [6.45, 7) is 0.213. The lowest BCUT2D eigenvalue weighted by Gasteiger charge is -2.39. The highest BCUT2D eigenvalue weighted by Crippen LogP contribution is 2.36. The quantitative estimate of drug-likeness (QED) is 0.455. The number of hydrogen-bond donors (Lipinski definition) is 3. The van der Waals surface area contributed by atoms with Crippen LogP contribution in [0.25, 0.3) is 0 Å². The monoisotopic (exact) mass is 508 g/mol. The fraction of sp³-hybridized carbons (Fsp3) is 0.296. The van der Waals surface area contributed by atoms with Gasteiger partial charge in [0.05, 0.1) is 6.20 Å². The molecular formula is C27H26F2N4O4. The molecular weight excluding hydrogens is 482 g/mol. The minimum absolute atomic E-state index is 0.0472. The largest absolute Gasteiger partial charge is 0.508 e. The fourth-order valence-corrected chi connectivity index (χ4v) is 5.10. The summed E-state index contributed by atoms with van der Waals surface area (Å²) in [5, 5.41) is 15.8. The van der Waals surface area contributed by atoms with Gasteiger partial charge in [-0.15, -0.1) is 0 Å². The summed E-state index contributed by atoms with van der Waals surface area (Å²) in [4.78, 5) is 31.8. The first-order valence-electron chi connectivity index (χ1n) is 12.1. The summed E-state index contributed by atoms with van der Waals surface area (Å²) in [6, 6.07) is 12.6. The van der Waals surface area contributed by atoms with Crippen molar-refractivity contribution in [1.82, 2.24) is 20.5 Å². The molecule has 5 rings (SSSR count). The highest BCUT2D eigenvalue weighted by Gasteiger charge is 2.43. The van der Waals surface area contributed by atoms with E-state index >= 15 is 0 Å². The molecule has 2 aromatic carbocycles. The summed E-state index contributed by atoms with van der Waals surface area (Å²) in [5.74, 6) is -1.36. The van der Waals surface area contributed by atoms with E-state index in [-0.39, 0.29) is 53.6 Å². The minimum atomic E-state index is -0.687. The summed E-state index contributed by atoms with van der Waals surface area (Å²) in [7, 11) is 0. The topological polar surface area (TPSA) is 104 Å². The van der Waals surface area contributed by atoms with Crippen LogP contribution in [0.15, 0.2) is 60.8 Å². The molecule has 10 heteroatoms. The molecule has 0 spiro atoms. The van der Waals surface area contributed by atoms with Gasteiger partial charge in [-0.25, -0.2) is 18.6 Å². The Bertz CT molecular complexity index is 1290. The number of piperidine rings is 1. The number of aromatic nitrogens is 1. The van der Waals surface area contributed by atoms with Gasteiger partial charge in [-0.1, -0.05) is 18.2 Å². The number of phenolic OH excluding ortho intramolecular Hbond substituents is 1. The molecule has 2 aliphatic heterocycles. The maximum atomic E-state index is 14.0. The van der Waals surface area contributed by atoms with Crippen LogP contribution in [0.4, 0.5) is 13.6 Å². The Morgan fingerprint density at radius 2 is 1.73 bits per heavy atom. The van der Waals surface area contributed by atoms with Crippen molar-refractivity contribution in [2.24, 2.45) is 0 Å². The van der Waals surface area contributed by atoms with Crippen LogP contribution >= 0.6 is 0 Å². The second-order valence-electron chi connectivity index (χ2n) is 9.28. The van der Waals surface area contributed by atoms with Crippen molar-refractivity contribution in [3.05, 3.63) is 83.6 Å². The van der Waals surface area contributed by atoms with Crippen LogP contribution in [0.1, 0.15) is 41.6 Å². The van der Waals surface area contributed by atoms with E-state index < -0.39 is 17.5 Å². The average molecular weight is 509 g/mol. The highest BCUT2D eigenvalue weighted by atomic mass is 19.1. The molecule has 8 nitrogen and oxygen atoms in total. The van der Waals surface area contributed by atoms with Gasteiger partial charge in [0.1, 0.15) is 28.7 Å². The zero-order valence-electron chi connectivity index (χ0n) is 19.9. The third-order valence-corrected chi connectivity index (χ3v) is 6.82. The van der Waals surface area contributed by atoms with E-state index in [0.717, 1.165) is 25.1 Å². The molecule has 2 fully saturated rings. The number of nitrogens with one attached hydrogen (secondary N) is 2. The maximum absolute atomic E-state index is 14.0. The Labute approximate surface area is 212 Å². The minimum Gasteiger partial charge on any atom is -0.508 e. The van der Waals surface area contributed by atoms with Gasteiger partial charge >= 0.3 is 6.03 Å². The standard InChI is InChI=1S/C27H26F2N4O4/c28-17-5-9-22(10-6-17)37-26-23(11-18(29)15-30-26)25(35)32-19-12-20-7-8-21(13-19)33(20)27(36)31-14-16-3-1-2-4-24(16)34/h1-6,9-11,15,19-21,34H,7-8,12-14H2,(H,31,36)(H,32,35)/t19-,20-,21+. The van der Waals surface area contributed by atoms with Crippen LogP contribution in [0.5, 0.6) is 17.4 Å². The van der Waals surface area contributed by atoms with E-state index in [9.17, 15) is 23.5 Å². The smallest absolute Gasteiger partial charge is 0.318 e. The Hall–Kier alpha value is -4.21. The van der Waals surface area contributed by atoms with Gasteiger partial charge in [-0.3, -0.25) is 4.79 Å². The SMILES string of the molecule is O=C(N[C@@H]1C[C@H]2CC[C@@H](C1)N2C(=O)NCc1ccccc1O)c1cc(F)cnc1Oc1ccc(F)cc1. The number of carbonyl (C=O) groups excluding carboxylic acids is 2. The van der Waals surface area contributed by atoms with E-state index in [0.29, 0.717) is 18.4 Å². The van der Waals surface area contributed by atoms with Gasteiger partial charge in [0, 0.05) is 30.2 Å². The second-order valence-corrected chi connectivity index (χ2v) is 9.28. The molecule has 2 saturated heterocycles. The molecule has 0 aliphatic carbocycles. The number of nitrogens with zero attached hydrogens (tertiary/aromatic N) is 2. The summed E-state index contributed by atoms with van der Waals surface area (Å²) in [5.41, 5.74) is 0.562. The predicted octanol–water partition coefficient (Wildman–Crippen LogP) is 4.49. The zero-order chi connectivity index (χ0) is 25.9. The summed E-state index contributed by atoms with van der Waals surface area (Å²) >= 11 is 0. The first-order valence-corrected chi connectivity index (χ1v) is 12.1. The molecule has 2 aliphatic rings. The number of carbonyl (C=O) groups is 2. The third-order valence-electron chi connectivity index (χ3n) is 6.82. The van der Waals surface area contributed by atoms with Crippen LogP contribution in [0.3, 0.4) is 0 Å². The van der Waals surface area contributed by atoms with E-state index in [4.69, 9.17) is 4.74 Å². The van der Waals surface area contributed by atoms with E-state index in [1.165, 1.54) is 24.3 Å². The normalized spacial score (nSPS) is 20.4. The Morgan fingerprint density at radius 3 is 2.43 bits per heavy atom. The number of rotatable bonds is 6. The number of phenols is 1. The molecule has 0 saturated carbocycles. The zero-order valence-corrected chi connectivity index (χ0v) is 19.9. The van der Waals surface area contributed by atoms with Crippen LogP contribution in [-0.2, 0) is 6.54 Å². The number of benzene rings is 2. The van der Waals surface area contributed by atoms with Crippen molar-refractivity contribution in [2.45, 2.75) is 50.4 Å². The van der Waals surface area contributed by atoms with Gasteiger partial charge in [-0.2, -0.15) is 0 Å². The van der Waals surface area contributed by atoms with Crippen molar-refractivity contribution < 1.29 is 28.2 Å². The predicted molar refractivity (Wildman–Crippen MR) is 130 cm³/mol. The molecule has 0 unspecified atom stereocenters. The van der Waals surface area contributed by atoms with Crippen molar-refractivity contribution in [2.75, 3.05) is 0 Å². The number of para-hydroxylation sites is 1. The Balaban J connectivity index is 1.22. The van der Waals surface area contributed by atoms with Crippen LogP contribution in [0.2, 0.25) is 0 Å². The third kappa shape index (κ3) is 5.47. The highest BCUT2D eigenvalue weighted by molar-refractivity contribution is 5.96. The van der Waals surface area contributed by atoms with E-state index in [1.54, 1.807) is 24.3 Å². The van der Waals surface area contributed by atoms with Crippen molar-refractivity contribution in [1.29, 1.82) is 0 Å². The van der Waals surface area contributed by atoms with Gasteiger partial charge in [-0.05, 0) is 62.1 Å². The molecule has 3 aromatic rings. The van der Waals surface area contributed by atoms with E-state index in [1.807, 2.05) is 4.90 Å². The van der Waals surface area contributed by atoms with Crippen LogP contribution in [-0.4, -0.2) is 45.1 Å². The molecule has 0 radical (unpaired) electrons. The molecule has 1 aromatic heterocycles. The first-order chi connectivity index (χ1) is 17.9. The number of ether oxygens (including phenoxy) is 1. The van der Waals surface area contributed by atoms with Crippen LogP contribution in [0, 0.1) is 11.6 Å². The van der Waals surface area contributed by atoms with Crippen LogP contribution < -0.4 is 15.4 Å². The lowest BCUT2D eigenvalue weighted by atomic mass is 9.97. The first kappa shape index (κ1) is 24.5. The number of fused-ring (bicyclic) bond motifs is 2. The molecule has 2 bridgehead atoms. The van der Waals surface area contributed by atoms with Gasteiger partial charge < -0.3 is 25.4 Å². The summed E-state index contributed by atoms with van der Waals surface area (Å²) in [6.07, 6.45) is 3.71. The number of halogens is 2. The fourth-order valence-electron chi connectivity index (χ4n) is 5.10. The molecule has 192 valence electrons. The lowest BCUT2D eigenvalue weighted by molar-refractivity contribution is 0.0881. The Morgan fingerprint density at radius 1 is 1.03 bits per heavy atom. The van der Waals surface area contributed by atoms with Gasteiger partial charge in [0.25, 0.3) is 5.91 Å². The number of urea groups is 1. The molecule has 3 heterocycles.